The van der Waals surface area contributed by atoms with Gasteiger partial charge in [-0.15, -0.1) is 0 Å². The van der Waals surface area contributed by atoms with Crippen molar-refractivity contribution in [1.29, 1.82) is 0 Å². The van der Waals surface area contributed by atoms with Gasteiger partial charge < -0.3 is 47.6 Å². The predicted molar refractivity (Wildman–Crippen MR) is 209 cm³/mol. The van der Waals surface area contributed by atoms with E-state index in [2.05, 4.69) is 46.5 Å². The number of piperazine rings is 1. The lowest BCUT2D eigenvalue weighted by molar-refractivity contribution is -0.144. The number of nitrogens with zero attached hydrogens (tertiary/aromatic N) is 5. The van der Waals surface area contributed by atoms with Crippen LogP contribution < -0.4 is 37.9 Å². The number of rotatable bonds is 22. The molecule has 322 valence electrons. The van der Waals surface area contributed by atoms with Crippen molar-refractivity contribution in [2.75, 3.05) is 56.9 Å². The van der Waals surface area contributed by atoms with E-state index in [-0.39, 0.29) is 60.9 Å². The number of hydrogen-bond donors (Lipinski definition) is 10. The second kappa shape index (κ2) is 21.6. The highest BCUT2D eigenvalue weighted by Gasteiger charge is 2.27. The van der Waals surface area contributed by atoms with Crippen LogP contribution in [0.25, 0.3) is 11.2 Å². The number of nitrogens with one attached hydrogen (secondary N) is 6. The predicted octanol–water partition coefficient (Wildman–Crippen LogP) is -2.89. The van der Waals surface area contributed by atoms with Crippen molar-refractivity contribution in [3.63, 3.8) is 0 Å². The number of Topliss-reactive ketones (excluding diaryl/α,β-unsaturated/α-hetero) is 1. The van der Waals surface area contributed by atoms with Crippen LogP contribution in [0.5, 0.6) is 0 Å². The van der Waals surface area contributed by atoms with Crippen LogP contribution in [0, 0.1) is 0 Å². The number of carbonyl (C=O) groups excluding carboxylic acids is 5. The van der Waals surface area contributed by atoms with E-state index in [1.54, 1.807) is 12.1 Å². The first kappa shape index (κ1) is 45.6. The van der Waals surface area contributed by atoms with Gasteiger partial charge in [-0.1, -0.05) is 0 Å². The van der Waals surface area contributed by atoms with Crippen LogP contribution in [0.1, 0.15) is 48.7 Å². The van der Waals surface area contributed by atoms with Crippen LogP contribution >= 0.6 is 0 Å². The second-order valence-corrected chi connectivity index (χ2v) is 13.8. The summed E-state index contributed by atoms with van der Waals surface area (Å²) in [6, 6.07) is 1.55. The third-order valence-corrected chi connectivity index (χ3v) is 9.10. The lowest BCUT2D eigenvalue weighted by Gasteiger charge is -2.34. The third-order valence-electron chi connectivity index (χ3n) is 9.10. The minimum absolute atomic E-state index is 0.00951. The average Bonchev–Trinajstić information content (AvgIpc) is 3.18. The first-order chi connectivity index (χ1) is 28.5. The lowest BCUT2D eigenvalue weighted by Crippen LogP contribution is -2.52. The van der Waals surface area contributed by atoms with Crippen molar-refractivity contribution < 1.29 is 53.7 Å². The van der Waals surface area contributed by atoms with Gasteiger partial charge in [-0.05, 0) is 37.6 Å². The molecule has 4 rings (SSSR count). The minimum Gasteiger partial charge on any atom is -0.480 e. The summed E-state index contributed by atoms with van der Waals surface area (Å²) in [5.41, 5.74) is 6.16. The molecule has 1 fully saturated rings. The molecule has 0 unspecified atom stereocenters. The number of benzene rings is 1. The summed E-state index contributed by atoms with van der Waals surface area (Å²) in [5.74, 6) is -7.46. The monoisotopic (exact) mass is 838 g/mol. The molecular formula is C36H46N12O12. The molecule has 60 heavy (non-hydrogen) atoms. The maximum Gasteiger partial charge on any atom is 0.326 e. The maximum atomic E-state index is 12.9. The SMILES string of the molecule is CC(=O)C[C@H](NC(=O)CN1CCN(CCNC(=O)C[C@H](NC(=O)CC[C@H](NC(=O)c2ccc(NCc3cnc4nc(N)[nH]c(=O)c4n3)cc2)C(=O)O)C(=O)O)CC1)C(=O)O. The molecule has 3 heterocycles. The fourth-order valence-electron chi connectivity index (χ4n) is 5.94. The van der Waals surface area contributed by atoms with Crippen LogP contribution in [0.2, 0.25) is 0 Å². The number of aromatic nitrogens is 4. The number of carboxylic acids is 3. The average molecular weight is 839 g/mol. The number of aromatic amines is 1. The maximum absolute atomic E-state index is 12.9. The Hall–Kier alpha value is -7.08. The summed E-state index contributed by atoms with van der Waals surface area (Å²) in [4.78, 5) is 127. The highest BCUT2D eigenvalue weighted by Crippen LogP contribution is 2.13. The lowest BCUT2D eigenvalue weighted by atomic mass is 10.1. The number of ketones is 1. The van der Waals surface area contributed by atoms with Crippen molar-refractivity contribution in [3.05, 3.63) is 52.1 Å². The van der Waals surface area contributed by atoms with E-state index in [1.807, 2.05) is 9.80 Å². The molecule has 3 atom stereocenters. The number of H-pyrrole nitrogens is 1. The Balaban J connectivity index is 1.15. The molecule has 0 radical (unpaired) electrons. The topological polar surface area (TPSA) is 361 Å². The first-order valence-electron chi connectivity index (χ1n) is 18.6. The summed E-state index contributed by atoms with van der Waals surface area (Å²) in [7, 11) is 0. The zero-order valence-corrected chi connectivity index (χ0v) is 32.4. The molecule has 11 N–H and O–H groups in total. The Morgan fingerprint density at radius 3 is 2.05 bits per heavy atom. The van der Waals surface area contributed by atoms with Crippen LogP contribution in [0.4, 0.5) is 11.6 Å². The fourth-order valence-corrected chi connectivity index (χ4v) is 5.94. The summed E-state index contributed by atoms with van der Waals surface area (Å²) in [6.45, 7) is 3.90. The van der Waals surface area contributed by atoms with Crippen molar-refractivity contribution in [1.82, 2.24) is 51.0 Å². The van der Waals surface area contributed by atoms with Crippen molar-refractivity contribution in [3.8, 4) is 0 Å². The van der Waals surface area contributed by atoms with Gasteiger partial charge in [-0.25, -0.2) is 24.4 Å². The van der Waals surface area contributed by atoms with E-state index in [9.17, 15) is 58.5 Å². The van der Waals surface area contributed by atoms with Crippen LogP contribution in [-0.2, 0) is 40.1 Å². The summed E-state index contributed by atoms with van der Waals surface area (Å²) >= 11 is 0. The molecule has 1 aromatic carbocycles. The fraction of sp³-hybridized carbons (Fsp3) is 0.444. The molecule has 2 aromatic heterocycles. The Bertz CT molecular complexity index is 2140. The van der Waals surface area contributed by atoms with Gasteiger partial charge in [0.15, 0.2) is 11.2 Å². The molecule has 0 saturated carbocycles. The minimum atomic E-state index is -1.61. The Morgan fingerprint density at radius 2 is 1.42 bits per heavy atom. The largest absolute Gasteiger partial charge is 0.480 e. The van der Waals surface area contributed by atoms with E-state index in [0.717, 1.165) is 0 Å². The van der Waals surface area contributed by atoms with Crippen LogP contribution in [0.15, 0.2) is 35.3 Å². The molecule has 4 amide bonds. The van der Waals surface area contributed by atoms with E-state index in [1.165, 1.54) is 25.3 Å². The Labute approximate surface area is 340 Å². The molecule has 1 saturated heterocycles. The smallest absolute Gasteiger partial charge is 0.326 e. The van der Waals surface area contributed by atoms with Gasteiger partial charge in [0.25, 0.3) is 11.5 Å². The summed E-state index contributed by atoms with van der Waals surface area (Å²) in [5, 5.41) is 41.1. The van der Waals surface area contributed by atoms with Gasteiger partial charge in [0.2, 0.25) is 23.7 Å². The number of fused-ring (bicyclic) bond motifs is 1. The van der Waals surface area contributed by atoms with Crippen molar-refractivity contribution >= 4 is 70.1 Å². The molecular weight excluding hydrogens is 792 g/mol. The number of nitrogens with two attached hydrogens (primary N) is 1. The zero-order valence-electron chi connectivity index (χ0n) is 32.4. The van der Waals surface area contributed by atoms with Gasteiger partial charge in [0, 0.05) is 63.4 Å². The van der Waals surface area contributed by atoms with Gasteiger partial charge in [0.05, 0.1) is 31.4 Å². The molecule has 24 nitrogen and oxygen atoms in total. The number of amides is 4. The van der Waals surface area contributed by atoms with E-state index in [0.29, 0.717) is 44.1 Å². The number of aliphatic carboxylic acids is 3. The molecule has 24 heteroatoms. The number of hydrogen-bond acceptors (Lipinski definition) is 16. The number of carboxylic acid groups (broad SMARTS) is 3. The number of anilines is 2. The highest BCUT2D eigenvalue weighted by molar-refractivity contribution is 5.97. The van der Waals surface area contributed by atoms with Gasteiger partial charge in [-0.2, -0.15) is 4.98 Å². The van der Waals surface area contributed by atoms with E-state index < -0.39 is 78.1 Å². The number of nitrogen functional groups attached to an aromatic ring is 1. The van der Waals surface area contributed by atoms with Gasteiger partial charge in [-0.3, -0.25) is 43.6 Å². The second-order valence-electron chi connectivity index (χ2n) is 13.8. The third kappa shape index (κ3) is 14.4. The van der Waals surface area contributed by atoms with Gasteiger partial charge in [0.1, 0.15) is 23.9 Å². The van der Waals surface area contributed by atoms with Crippen molar-refractivity contribution in [2.24, 2.45) is 0 Å². The zero-order chi connectivity index (χ0) is 43.9. The summed E-state index contributed by atoms with van der Waals surface area (Å²) in [6.07, 6.45) is -0.366. The van der Waals surface area contributed by atoms with E-state index in [4.69, 9.17) is 5.73 Å². The van der Waals surface area contributed by atoms with E-state index >= 15 is 0 Å². The first-order valence-corrected chi connectivity index (χ1v) is 18.6. The molecule has 1 aliphatic heterocycles. The quantitative estimate of drug-likeness (QED) is 0.0485. The Morgan fingerprint density at radius 1 is 0.800 bits per heavy atom. The molecule has 0 aliphatic carbocycles. The molecule has 0 bridgehead atoms. The number of carbonyl (C=O) groups is 8. The Kier molecular flexibility index (Phi) is 16.4. The van der Waals surface area contributed by atoms with Gasteiger partial charge >= 0.3 is 17.9 Å². The summed E-state index contributed by atoms with van der Waals surface area (Å²) < 4.78 is 0. The van der Waals surface area contributed by atoms with Crippen molar-refractivity contribution in [2.45, 2.75) is 57.3 Å². The normalized spacial score (nSPS) is 14.6. The molecule has 3 aromatic rings. The van der Waals surface area contributed by atoms with Crippen LogP contribution in [-0.4, -0.2) is 156 Å². The standard InChI is InChI=1S/C36H46N12O12/c1-19(49)14-24(34(57)58)43-28(52)18-48-12-10-47(11-13-48)9-8-38-27(51)15-25(35(59)60)42-26(50)7-6-23(33(55)56)44-31(53)20-2-4-21(5-3-20)39-16-22-17-40-30-29(41-22)32(54)46-36(37)45-30/h2-5,17,23-25,39H,6-16,18H2,1H3,(H,38,51)(H,42,50)(H,43,52)(H,44,53)(H,55,56)(H,57,58)(H,59,60)(H3,37,40,45,46,54)/t23-,24-,25-/m0/s1. The van der Waals surface area contributed by atoms with Crippen LogP contribution in [0.3, 0.4) is 0 Å². The molecule has 1 aliphatic rings. The highest BCUT2D eigenvalue weighted by atomic mass is 16.4. The molecule has 0 spiro atoms.